The first-order valence-electron chi connectivity index (χ1n) is 9.39. The number of carbonyl (C=O) groups is 1. The Morgan fingerprint density at radius 3 is 2.13 bits per heavy atom. The topological polar surface area (TPSA) is 70.2 Å². The van der Waals surface area contributed by atoms with Crippen LogP contribution in [0.15, 0.2) is 36.4 Å². The molecule has 1 heterocycles. The van der Waals surface area contributed by atoms with E-state index in [1.165, 1.54) is 12.1 Å². The lowest BCUT2D eigenvalue weighted by molar-refractivity contribution is -0.129. The summed E-state index contributed by atoms with van der Waals surface area (Å²) in [6.45, 7) is 1.82. The standard InChI is InChI=1S/C20H22Cl3N3O4S/c1-30-15-5-3-14(4-6-15)24-7-9-25(10-8-24)20(27)13-26(31(2,28)29)19-12-17(22)16(21)11-18(19)23/h3-6,11-12H,7-10,13H2,1-2H3. The van der Waals surface area contributed by atoms with E-state index in [9.17, 15) is 13.2 Å². The molecule has 0 bridgehead atoms. The molecule has 31 heavy (non-hydrogen) atoms. The van der Waals surface area contributed by atoms with Crippen molar-refractivity contribution in [2.24, 2.45) is 0 Å². The molecular formula is C20H22Cl3N3O4S. The summed E-state index contributed by atoms with van der Waals surface area (Å²) in [6.07, 6.45) is 1.01. The highest BCUT2D eigenvalue weighted by atomic mass is 35.5. The summed E-state index contributed by atoms with van der Waals surface area (Å²) >= 11 is 18.2. The highest BCUT2D eigenvalue weighted by molar-refractivity contribution is 7.92. The summed E-state index contributed by atoms with van der Waals surface area (Å²) < 4.78 is 30.9. The molecule has 0 radical (unpaired) electrons. The van der Waals surface area contributed by atoms with Crippen LogP contribution >= 0.6 is 34.8 Å². The third kappa shape index (κ3) is 5.68. The van der Waals surface area contributed by atoms with Gasteiger partial charge < -0.3 is 14.5 Å². The van der Waals surface area contributed by atoms with Gasteiger partial charge in [0, 0.05) is 31.9 Å². The Labute approximate surface area is 197 Å². The Morgan fingerprint density at radius 1 is 1.00 bits per heavy atom. The summed E-state index contributed by atoms with van der Waals surface area (Å²) in [4.78, 5) is 16.7. The van der Waals surface area contributed by atoms with Crippen LogP contribution in [-0.4, -0.2) is 65.3 Å². The van der Waals surface area contributed by atoms with Gasteiger partial charge in [0.1, 0.15) is 12.3 Å². The van der Waals surface area contributed by atoms with Gasteiger partial charge in [-0.05, 0) is 36.4 Å². The predicted molar refractivity (Wildman–Crippen MR) is 125 cm³/mol. The lowest BCUT2D eigenvalue weighted by Gasteiger charge is -2.37. The fourth-order valence-corrected chi connectivity index (χ4v) is 4.86. The van der Waals surface area contributed by atoms with Crippen LogP contribution in [-0.2, 0) is 14.8 Å². The molecule has 2 aromatic carbocycles. The van der Waals surface area contributed by atoms with E-state index in [-0.39, 0.29) is 33.2 Å². The number of halogens is 3. The van der Waals surface area contributed by atoms with Crippen LogP contribution in [0.1, 0.15) is 0 Å². The summed E-state index contributed by atoms with van der Waals surface area (Å²) in [5, 5.41) is 0.442. The molecule has 0 atom stereocenters. The average molecular weight is 507 g/mol. The fraction of sp³-hybridized carbons (Fsp3) is 0.350. The van der Waals surface area contributed by atoms with Gasteiger partial charge in [0.15, 0.2) is 0 Å². The largest absolute Gasteiger partial charge is 0.497 e. The number of benzene rings is 2. The van der Waals surface area contributed by atoms with E-state index in [0.29, 0.717) is 26.2 Å². The molecule has 7 nitrogen and oxygen atoms in total. The minimum atomic E-state index is -3.79. The number of hydrogen-bond donors (Lipinski definition) is 0. The average Bonchev–Trinajstić information content (AvgIpc) is 2.74. The Bertz CT molecular complexity index is 1060. The van der Waals surface area contributed by atoms with Gasteiger partial charge >= 0.3 is 0 Å². The molecule has 3 rings (SSSR count). The van der Waals surface area contributed by atoms with Crippen molar-refractivity contribution >= 4 is 62.1 Å². The number of nitrogens with zero attached hydrogens (tertiary/aromatic N) is 3. The molecule has 0 spiro atoms. The number of piperazine rings is 1. The van der Waals surface area contributed by atoms with Crippen LogP contribution in [0, 0.1) is 0 Å². The minimum Gasteiger partial charge on any atom is -0.497 e. The van der Waals surface area contributed by atoms with Crippen molar-refractivity contribution in [1.29, 1.82) is 0 Å². The zero-order chi connectivity index (χ0) is 22.8. The minimum absolute atomic E-state index is 0.0944. The summed E-state index contributed by atoms with van der Waals surface area (Å²) in [7, 11) is -2.17. The van der Waals surface area contributed by atoms with E-state index in [1.807, 2.05) is 24.3 Å². The van der Waals surface area contributed by atoms with Gasteiger partial charge in [0.25, 0.3) is 0 Å². The van der Waals surface area contributed by atoms with E-state index < -0.39 is 10.0 Å². The lowest BCUT2D eigenvalue weighted by atomic mass is 10.2. The van der Waals surface area contributed by atoms with E-state index in [0.717, 1.165) is 22.0 Å². The zero-order valence-corrected chi connectivity index (χ0v) is 20.1. The summed E-state index contributed by atoms with van der Waals surface area (Å²) in [5.74, 6) is 0.460. The van der Waals surface area contributed by atoms with Crippen LogP contribution in [0.25, 0.3) is 0 Å². The van der Waals surface area contributed by atoms with Crippen LogP contribution in [0.5, 0.6) is 5.75 Å². The first-order chi connectivity index (χ1) is 14.6. The van der Waals surface area contributed by atoms with Gasteiger partial charge in [0.05, 0.1) is 34.1 Å². The van der Waals surface area contributed by atoms with E-state index in [1.54, 1.807) is 12.0 Å². The first-order valence-corrected chi connectivity index (χ1v) is 12.4. The molecule has 1 aliphatic rings. The second-order valence-electron chi connectivity index (χ2n) is 7.05. The molecule has 1 fully saturated rings. The zero-order valence-electron chi connectivity index (χ0n) is 17.0. The van der Waals surface area contributed by atoms with Crippen molar-refractivity contribution in [3.05, 3.63) is 51.5 Å². The van der Waals surface area contributed by atoms with Crippen molar-refractivity contribution in [3.63, 3.8) is 0 Å². The van der Waals surface area contributed by atoms with Crippen molar-refractivity contribution in [2.45, 2.75) is 0 Å². The molecule has 11 heteroatoms. The predicted octanol–water partition coefficient (Wildman–Crippen LogP) is 3.77. The van der Waals surface area contributed by atoms with Crippen LogP contribution in [0.2, 0.25) is 15.1 Å². The Hall–Kier alpha value is -1.87. The number of methoxy groups -OCH3 is 1. The molecule has 168 valence electrons. The second-order valence-corrected chi connectivity index (χ2v) is 10.2. The van der Waals surface area contributed by atoms with Gasteiger partial charge in [-0.3, -0.25) is 9.10 Å². The van der Waals surface area contributed by atoms with Gasteiger partial charge in [-0.15, -0.1) is 0 Å². The van der Waals surface area contributed by atoms with Gasteiger partial charge in [-0.25, -0.2) is 8.42 Å². The van der Waals surface area contributed by atoms with Crippen LogP contribution in [0.4, 0.5) is 11.4 Å². The maximum Gasteiger partial charge on any atom is 0.243 e. The van der Waals surface area contributed by atoms with Crippen molar-refractivity contribution in [3.8, 4) is 5.75 Å². The molecule has 0 unspecified atom stereocenters. The molecule has 1 aliphatic heterocycles. The van der Waals surface area contributed by atoms with E-state index >= 15 is 0 Å². The van der Waals surface area contributed by atoms with Crippen LogP contribution in [0.3, 0.4) is 0 Å². The number of ether oxygens (including phenoxy) is 1. The molecular weight excluding hydrogens is 485 g/mol. The quantitative estimate of drug-likeness (QED) is 0.558. The van der Waals surface area contributed by atoms with Crippen molar-refractivity contribution < 1.29 is 17.9 Å². The van der Waals surface area contributed by atoms with Gasteiger partial charge in [-0.1, -0.05) is 34.8 Å². The Kier molecular flexibility index (Phi) is 7.47. The number of anilines is 2. The maximum absolute atomic E-state index is 12.9. The molecule has 0 aliphatic carbocycles. The van der Waals surface area contributed by atoms with E-state index in [4.69, 9.17) is 39.5 Å². The van der Waals surface area contributed by atoms with Gasteiger partial charge in [-0.2, -0.15) is 0 Å². The first kappa shape index (κ1) is 23.8. The second kappa shape index (κ2) is 9.73. The number of sulfonamides is 1. The van der Waals surface area contributed by atoms with Crippen molar-refractivity contribution in [2.75, 3.05) is 55.3 Å². The van der Waals surface area contributed by atoms with Crippen molar-refractivity contribution in [1.82, 2.24) is 4.90 Å². The van der Waals surface area contributed by atoms with E-state index in [2.05, 4.69) is 4.90 Å². The molecule has 1 saturated heterocycles. The Morgan fingerprint density at radius 2 is 1.58 bits per heavy atom. The summed E-state index contributed by atoms with van der Waals surface area (Å²) in [6, 6.07) is 10.4. The Balaban J connectivity index is 1.70. The summed E-state index contributed by atoms with van der Waals surface area (Å²) in [5.41, 5.74) is 1.15. The normalized spacial score (nSPS) is 14.5. The lowest BCUT2D eigenvalue weighted by Crippen LogP contribution is -2.52. The van der Waals surface area contributed by atoms with Gasteiger partial charge in [0.2, 0.25) is 15.9 Å². The third-order valence-electron chi connectivity index (χ3n) is 5.01. The number of carbonyl (C=O) groups excluding carboxylic acids is 1. The molecule has 2 aromatic rings. The maximum atomic E-state index is 12.9. The molecule has 0 N–H and O–H groups in total. The number of rotatable bonds is 6. The molecule has 1 amide bonds. The third-order valence-corrected chi connectivity index (χ3v) is 7.16. The number of hydrogen-bond acceptors (Lipinski definition) is 5. The molecule has 0 saturated carbocycles. The highest BCUT2D eigenvalue weighted by Gasteiger charge is 2.28. The van der Waals surface area contributed by atoms with Crippen LogP contribution < -0.4 is 13.9 Å². The SMILES string of the molecule is COc1ccc(N2CCN(C(=O)CN(c3cc(Cl)c(Cl)cc3Cl)S(C)(=O)=O)CC2)cc1. The number of amides is 1. The monoisotopic (exact) mass is 505 g/mol. The smallest absolute Gasteiger partial charge is 0.243 e. The fourth-order valence-electron chi connectivity index (χ4n) is 3.31. The highest BCUT2D eigenvalue weighted by Crippen LogP contribution is 2.35. The molecule has 0 aromatic heterocycles.